The summed E-state index contributed by atoms with van der Waals surface area (Å²) in [6.45, 7) is 3.73. The van der Waals surface area contributed by atoms with E-state index in [0.29, 0.717) is 11.3 Å². The van der Waals surface area contributed by atoms with Crippen LogP contribution >= 0.6 is 0 Å². The lowest BCUT2D eigenvalue weighted by atomic mass is 9.67. The van der Waals surface area contributed by atoms with Gasteiger partial charge in [-0.25, -0.2) is 9.23 Å². The van der Waals surface area contributed by atoms with E-state index in [1.54, 1.807) is 6.92 Å². The van der Waals surface area contributed by atoms with Crippen molar-refractivity contribution in [1.82, 2.24) is 0 Å². The topological polar surface area (TPSA) is 101 Å². The molecule has 8 heteroatoms. The fraction of sp³-hybridized carbons (Fsp3) is 0.529. The molecule has 25 heavy (non-hydrogen) atoms. The van der Waals surface area contributed by atoms with Crippen molar-refractivity contribution >= 4 is 11.5 Å². The quantitative estimate of drug-likeness (QED) is 0.846. The molecule has 1 aromatic carbocycles. The predicted octanol–water partition coefficient (Wildman–Crippen LogP) is 2.32. The van der Waals surface area contributed by atoms with Gasteiger partial charge in [0.2, 0.25) is 0 Å². The molecule has 132 valence electrons. The molecular weight excluding hydrogens is 327 g/mol. The summed E-state index contributed by atoms with van der Waals surface area (Å²) in [4.78, 5) is 21.3. The number of amidine groups is 1. The van der Waals surface area contributed by atoms with Gasteiger partial charge < -0.3 is 10.5 Å². The van der Waals surface area contributed by atoms with Crippen LogP contribution in [0.15, 0.2) is 23.2 Å². The Morgan fingerprint density at radius 1 is 1.56 bits per heavy atom. The molecule has 0 amide bonds. The van der Waals surface area contributed by atoms with Crippen LogP contribution in [0.3, 0.4) is 0 Å². The maximum Gasteiger partial charge on any atom is 0.317 e. The first-order valence-corrected chi connectivity index (χ1v) is 7.97. The van der Waals surface area contributed by atoms with Gasteiger partial charge in [-0.3, -0.25) is 4.99 Å². The lowest BCUT2D eigenvalue weighted by molar-refractivity contribution is -0.736. The second-order valence-electron chi connectivity index (χ2n) is 6.80. The van der Waals surface area contributed by atoms with Crippen LogP contribution in [0, 0.1) is 33.4 Å². The van der Waals surface area contributed by atoms with E-state index in [9.17, 15) is 14.6 Å². The second kappa shape index (κ2) is 5.77. The highest BCUT2D eigenvalue weighted by atomic mass is 19.1. The van der Waals surface area contributed by atoms with Crippen LogP contribution in [0.25, 0.3) is 0 Å². The molecule has 1 aromatic rings. The van der Waals surface area contributed by atoms with Gasteiger partial charge in [0, 0.05) is 23.6 Å². The third kappa shape index (κ3) is 2.46. The van der Waals surface area contributed by atoms with Crippen LogP contribution < -0.4 is 5.73 Å². The van der Waals surface area contributed by atoms with Crippen molar-refractivity contribution in [2.24, 2.45) is 22.1 Å². The first-order valence-electron chi connectivity index (χ1n) is 7.97. The highest BCUT2D eigenvalue weighted by molar-refractivity contribution is 5.90. The van der Waals surface area contributed by atoms with Gasteiger partial charge in [0.25, 0.3) is 4.92 Å². The smallest absolute Gasteiger partial charge is 0.317 e. The van der Waals surface area contributed by atoms with E-state index in [0.717, 1.165) is 0 Å². The van der Waals surface area contributed by atoms with E-state index in [4.69, 9.17) is 10.5 Å². The van der Waals surface area contributed by atoms with Crippen molar-refractivity contribution < 1.29 is 18.9 Å². The molecule has 0 bridgehead atoms. The third-order valence-electron chi connectivity index (χ3n) is 5.30. The maximum atomic E-state index is 14.7. The first-order chi connectivity index (χ1) is 11.8. The lowest BCUT2D eigenvalue weighted by Gasteiger charge is -2.41. The van der Waals surface area contributed by atoms with E-state index in [1.807, 2.05) is 6.92 Å². The number of rotatable bonds is 3. The van der Waals surface area contributed by atoms with E-state index >= 15 is 0 Å². The number of hydrogen-bond donors (Lipinski definition) is 1. The molecule has 7 nitrogen and oxygen atoms in total. The van der Waals surface area contributed by atoms with Crippen LogP contribution in [-0.4, -0.2) is 30.6 Å². The van der Waals surface area contributed by atoms with Crippen LogP contribution in [0.4, 0.5) is 10.1 Å². The molecule has 2 aliphatic heterocycles. The molecule has 3 rings (SSSR count). The minimum Gasteiger partial charge on any atom is -0.386 e. The predicted molar refractivity (Wildman–Crippen MR) is 87.2 cm³/mol. The minimum absolute atomic E-state index is 0.132. The maximum absolute atomic E-state index is 14.7. The average Bonchev–Trinajstić information content (AvgIpc) is 2.92. The molecule has 2 aliphatic rings. The van der Waals surface area contributed by atoms with Crippen molar-refractivity contribution in [2.75, 3.05) is 13.7 Å². The van der Waals surface area contributed by atoms with Gasteiger partial charge in [0.1, 0.15) is 22.6 Å². The zero-order valence-electron chi connectivity index (χ0n) is 14.3. The summed E-state index contributed by atoms with van der Waals surface area (Å²) in [5, 5.41) is 9.49. The molecular formula is C17H20FN4O3+. The molecule has 2 heterocycles. The molecule has 0 saturated carbocycles. The van der Waals surface area contributed by atoms with Crippen molar-refractivity contribution in [1.29, 1.82) is 5.26 Å². The van der Waals surface area contributed by atoms with Gasteiger partial charge in [-0.2, -0.15) is 5.26 Å². The number of aliphatic imine (C=N–C) groups is 1. The monoisotopic (exact) mass is 347 g/mol. The number of hydrogen-bond acceptors (Lipinski definition) is 6. The zero-order valence-corrected chi connectivity index (χ0v) is 14.3. The van der Waals surface area contributed by atoms with Gasteiger partial charge in [0.15, 0.2) is 7.11 Å². The zero-order chi connectivity index (χ0) is 18.4. The fourth-order valence-corrected chi connectivity index (χ4v) is 3.71. The fourth-order valence-electron chi connectivity index (χ4n) is 3.71. The van der Waals surface area contributed by atoms with E-state index in [2.05, 4.69) is 15.9 Å². The summed E-state index contributed by atoms with van der Waals surface area (Å²) in [5.74, 6) is -0.593. The Morgan fingerprint density at radius 2 is 2.28 bits per heavy atom. The highest BCUT2D eigenvalue weighted by Crippen LogP contribution is 2.52. The third-order valence-corrected chi connectivity index (χ3v) is 5.30. The summed E-state index contributed by atoms with van der Waals surface area (Å²) in [6.07, 6.45) is 0.174. The standard InChI is InChI=1S/C17H20FN4O3/c1-10-13-7-16(2,8-19)15(20)21-17(13,9-25-10)12-6-11(22(23)24-3)4-5-14(12)18/h4-6,10,13H,7,9H2,1-3H3,(H2,20,21)/q+1/t10?,13-,16?,17?/m1/s1. The molecule has 3 unspecified atom stereocenters. The number of halogens is 1. The SMILES string of the molecule is CO[N+](=O)c1ccc(F)c(C23COC(C)[C@H]2CC(C)(C#N)C(N)=N3)c1. The van der Waals surface area contributed by atoms with Crippen LogP contribution in [0.1, 0.15) is 25.8 Å². The first kappa shape index (κ1) is 17.3. The van der Waals surface area contributed by atoms with Crippen molar-refractivity contribution in [3.05, 3.63) is 34.5 Å². The molecule has 0 spiro atoms. The molecule has 0 aliphatic carbocycles. The normalized spacial score (nSPS) is 34.0. The summed E-state index contributed by atoms with van der Waals surface area (Å²) < 4.78 is 20.5. The summed E-state index contributed by atoms with van der Waals surface area (Å²) in [5.41, 5.74) is 4.45. The van der Waals surface area contributed by atoms with E-state index in [1.165, 1.54) is 25.3 Å². The largest absolute Gasteiger partial charge is 0.386 e. The van der Waals surface area contributed by atoms with Gasteiger partial charge in [-0.1, -0.05) is 0 Å². The van der Waals surface area contributed by atoms with Gasteiger partial charge in [-0.05, 0) is 26.3 Å². The van der Waals surface area contributed by atoms with Crippen LogP contribution in [0.2, 0.25) is 0 Å². The van der Waals surface area contributed by atoms with Crippen LogP contribution in [0.5, 0.6) is 0 Å². The summed E-state index contributed by atoms with van der Waals surface area (Å²) >= 11 is 0. The number of ether oxygens (including phenoxy) is 1. The van der Waals surface area contributed by atoms with Crippen LogP contribution in [-0.2, 0) is 15.1 Å². The Labute approximate surface area is 144 Å². The minimum atomic E-state index is -1.06. The number of nitrogens with two attached hydrogens (primary N) is 1. The Bertz CT molecular complexity index is 806. The van der Waals surface area contributed by atoms with E-state index < -0.39 is 16.8 Å². The molecule has 2 N–H and O–H groups in total. The molecule has 4 atom stereocenters. The second-order valence-corrected chi connectivity index (χ2v) is 6.80. The van der Waals surface area contributed by atoms with Gasteiger partial charge in [-0.15, -0.1) is 0 Å². The average molecular weight is 347 g/mol. The molecule has 1 fully saturated rings. The Morgan fingerprint density at radius 3 is 2.92 bits per heavy atom. The Hall–Kier alpha value is -2.53. The molecule has 1 saturated heterocycles. The summed E-state index contributed by atoms with van der Waals surface area (Å²) in [7, 11) is 1.23. The van der Waals surface area contributed by atoms with Gasteiger partial charge >= 0.3 is 5.69 Å². The molecule has 0 aromatic heterocycles. The van der Waals surface area contributed by atoms with E-state index in [-0.39, 0.29) is 35.7 Å². The number of benzene rings is 1. The Kier molecular flexibility index (Phi) is 4.00. The van der Waals surface area contributed by atoms with Crippen molar-refractivity contribution in [2.45, 2.75) is 31.9 Å². The highest BCUT2D eigenvalue weighted by Gasteiger charge is 2.57. The summed E-state index contributed by atoms with van der Waals surface area (Å²) in [6, 6.07) is 6.14. The van der Waals surface area contributed by atoms with Crippen molar-refractivity contribution in [3.63, 3.8) is 0 Å². The number of nitriles is 1. The van der Waals surface area contributed by atoms with Gasteiger partial charge in [0.05, 0.1) is 23.7 Å². The number of nitrogens with zero attached hydrogens (tertiary/aromatic N) is 3. The Balaban J connectivity index is 2.21. The lowest BCUT2D eigenvalue weighted by Crippen LogP contribution is -2.49. The van der Waals surface area contributed by atoms with Crippen molar-refractivity contribution in [3.8, 4) is 6.07 Å². The molecule has 0 radical (unpaired) electrons. The number of fused-ring (bicyclic) bond motifs is 1.